The first-order chi connectivity index (χ1) is 8.37. The Labute approximate surface area is 118 Å². The van der Waals surface area contributed by atoms with E-state index in [1.54, 1.807) is 11.3 Å². The van der Waals surface area contributed by atoms with Crippen LogP contribution in [0.15, 0.2) is 6.07 Å². The third-order valence-corrected chi connectivity index (χ3v) is 4.57. The maximum atomic E-state index is 10.3. The van der Waals surface area contributed by atoms with Crippen molar-refractivity contribution in [3.63, 3.8) is 0 Å². The van der Waals surface area contributed by atoms with Crippen LogP contribution in [0.1, 0.15) is 29.8 Å². The van der Waals surface area contributed by atoms with E-state index in [2.05, 4.69) is 11.4 Å². The summed E-state index contributed by atoms with van der Waals surface area (Å²) >= 11 is 7.72. The van der Waals surface area contributed by atoms with Crippen LogP contribution in [0.2, 0.25) is 4.34 Å². The molecule has 1 aromatic rings. The van der Waals surface area contributed by atoms with Gasteiger partial charge < -0.3 is 15.3 Å². The molecular weight excluding hydrogens is 268 g/mol. The molecule has 2 unspecified atom stereocenters. The van der Waals surface area contributed by atoms with Crippen molar-refractivity contribution >= 4 is 22.9 Å². The highest BCUT2D eigenvalue weighted by atomic mass is 35.5. The summed E-state index contributed by atoms with van der Waals surface area (Å²) < 4.78 is 0.867. The van der Waals surface area contributed by atoms with E-state index >= 15 is 0 Å². The lowest BCUT2D eigenvalue weighted by molar-refractivity contribution is 0.0313. The number of fused-ring (bicyclic) bond motifs is 1. The lowest BCUT2D eigenvalue weighted by Gasteiger charge is -2.28. The van der Waals surface area contributed by atoms with E-state index < -0.39 is 5.60 Å². The number of rotatable bonds is 5. The van der Waals surface area contributed by atoms with E-state index in [4.69, 9.17) is 11.6 Å². The minimum absolute atomic E-state index is 0.345. The van der Waals surface area contributed by atoms with Crippen molar-refractivity contribution in [2.45, 2.75) is 31.4 Å². The van der Waals surface area contributed by atoms with Crippen LogP contribution >= 0.6 is 22.9 Å². The van der Waals surface area contributed by atoms with Gasteiger partial charge in [-0.15, -0.1) is 11.3 Å². The summed E-state index contributed by atoms with van der Waals surface area (Å²) in [5.74, 6) is 0. The highest BCUT2D eigenvalue weighted by molar-refractivity contribution is 7.16. The Bertz CT molecular complexity index is 417. The molecule has 1 aliphatic rings. The van der Waals surface area contributed by atoms with E-state index in [0.29, 0.717) is 19.1 Å². The molecule has 0 bridgehead atoms. The molecule has 1 aromatic heterocycles. The fraction of sp³-hybridized carbons (Fsp3) is 0.692. The fourth-order valence-corrected chi connectivity index (χ4v) is 3.98. The van der Waals surface area contributed by atoms with Crippen LogP contribution < -0.4 is 5.32 Å². The van der Waals surface area contributed by atoms with Gasteiger partial charge in [0.1, 0.15) is 0 Å². The van der Waals surface area contributed by atoms with E-state index in [1.807, 2.05) is 25.9 Å². The first-order valence-electron chi connectivity index (χ1n) is 6.26. The second kappa shape index (κ2) is 5.47. The van der Waals surface area contributed by atoms with Gasteiger partial charge >= 0.3 is 0 Å². The smallest absolute Gasteiger partial charge is 0.0934 e. The van der Waals surface area contributed by atoms with E-state index in [-0.39, 0.29) is 0 Å². The van der Waals surface area contributed by atoms with Crippen LogP contribution in [0.25, 0.3) is 0 Å². The number of hydrogen-bond donors (Lipinski definition) is 2. The number of nitrogens with zero attached hydrogens (tertiary/aromatic N) is 1. The van der Waals surface area contributed by atoms with Gasteiger partial charge in [0.05, 0.1) is 9.94 Å². The maximum absolute atomic E-state index is 10.3. The van der Waals surface area contributed by atoms with Gasteiger partial charge in [-0.2, -0.15) is 0 Å². The molecule has 0 saturated carbocycles. The quantitative estimate of drug-likeness (QED) is 0.873. The third kappa shape index (κ3) is 3.45. The fourth-order valence-electron chi connectivity index (χ4n) is 2.62. The molecule has 5 heteroatoms. The molecule has 0 aromatic carbocycles. The Morgan fingerprint density at radius 2 is 2.33 bits per heavy atom. The molecule has 0 radical (unpaired) electrons. The molecular formula is C13H21ClN2OS. The molecule has 0 saturated heterocycles. The van der Waals surface area contributed by atoms with E-state index in [1.165, 1.54) is 10.4 Å². The summed E-state index contributed by atoms with van der Waals surface area (Å²) in [7, 11) is 3.95. The minimum Gasteiger partial charge on any atom is -0.388 e. The van der Waals surface area contributed by atoms with Crippen molar-refractivity contribution in [2.75, 3.05) is 27.2 Å². The van der Waals surface area contributed by atoms with Crippen LogP contribution in [0.5, 0.6) is 0 Å². The average Bonchev–Trinajstić information content (AvgIpc) is 2.72. The molecule has 3 nitrogen and oxygen atoms in total. The summed E-state index contributed by atoms with van der Waals surface area (Å²) in [6, 6.07) is 2.41. The molecule has 0 spiro atoms. The average molecular weight is 289 g/mol. The summed E-state index contributed by atoms with van der Waals surface area (Å²) in [5, 5.41) is 13.7. The molecule has 2 rings (SSSR count). The van der Waals surface area contributed by atoms with Gasteiger partial charge in [-0.1, -0.05) is 11.6 Å². The minimum atomic E-state index is -0.702. The number of aliphatic hydroxyl groups is 1. The van der Waals surface area contributed by atoms with Gasteiger partial charge in [0.2, 0.25) is 0 Å². The number of likely N-dealkylation sites (N-methyl/N-ethyl adjacent to an activating group) is 1. The first-order valence-corrected chi connectivity index (χ1v) is 7.45. The van der Waals surface area contributed by atoms with Crippen molar-refractivity contribution in [2.24, 2.45) is 0 Å². The largest absolute Gasteiger partial charge is 0.388 e. The second-order valence-corrected chi connectivity index (χ2v) is 7.40. The number of halogens is 1. The zero-order valence-electron chi connectivity index (χ0n) is 11.2. The van der Waals surface area contributed by atoms with Crippen LogP contribution in [0.4, 0.5) is 0 Å². The topological polar surface area (TPSA) is 35.5 Å². The van der Waals surface area contributed by atoms with E-state index in [9.17, 15) is 5.11 Å². The molecule has 0 amide bonds. The molecule has 18 heavy (non-hydrogen) atoms. The van der Waals surface area contributed by atoms with Crippen molar-refractivity contribution in [1.29, 1.82) is 0 Å². The molecule has 2 atom stereocenters. The molecule has 102 valence electrons. The van der Waals surface area contributed by atoms with Gasteiger partial charge in [0.15, 0.2) is 0 Å². The van der Waals surface area contributed by atoms with Crippen molar-refractivity contribution in [1.82, 2.24) is 10.2 Å². The summed E-state index contributed by atoms with van der Waals surface area (Å²) in [6.07, 6.45) is 2.20. The Morgan fingerprint density at radius 3 is 3.00 bits per heavy atom. The van der Waals surface area contributed by atoms with Crippen LogP contribution in [-0.4, -0.2) is 42.8 Å². The first kappa shape index (κ1) is 14.3. The normalized spacial score (nSPS) is 22.2. The Kier molecular flexibility index (Phi) is 4.34. The zero-order chi connectivity index (χ0) is 13.3. The van der Waals surface area contributed by atoms with Crippen molar-refractivity contribution < 1.29 is 5.11 Å². The molecule has 1 heterocycles. The van der Waals surface area contributed by atoms with Gasteiger partial charge in [0.25, 0.3) is 0 Å². The van der Waals surface area contributed by atoms with Crippen molar-refractivity contribution in [3.8, 4) is 0 Å². The maximum Gasteiger partial charge on any atom is 0.0934 e. The predicted octanol–water partition coefficient (Wildman–Crippen LogP) is 2.29. The monoisotopic (exact) mass is 288 g/mol. The molecule has 0 fully saturated rings. The zero-order valence-corrected chi connectivity index (χ0v) is 12.7. The third-order valence-electron chi connectivity index (χ3n) is 3.23. The Balaban J connectivity index is 1.92. The number of aryl methyl sites for hydroxylation is 1. The van der Waals surface area contributed by atoms with Crippen LogP contribution in [0.3, 0.4) is 0 Å². The Morgan fingerprint density at radius 1 is 1.61 bits per heavy atom. The van der Waals surface area contributed by atoms with Crippen LogP contribution in [0, 0.1) is 0 Å². The predicted molar refractivity (Wildman–Crippen MR) is 77.6 cm³/mol. The number of hydrogen-bond acceptors (Lipinski definition) is 4. The van der Waals surface area contributed by atoms with Gasteiger partial charge in [0, 0.05) is 24.0 Å². The molecule has 2 N–H and O–H groups in total. The van der Waals surface area contributed by atoms with Gasteiger partial charge in [-0.05, 0) is 45.5 Å². The standard InChI is InChI=1S/C13H21ClN2OS/c1-13(17,8-16(2)3)7-15-10-4-5-11-9(10)6-12(14)18-11/h6,10,15,17H,4-5,7-8H2,1-3H3. The van der Waals surface area contributed by atoms with Crippen LogP contribution in [-0.2, 0) is 6.42 Å². The molecule has 1 aliphatic carbocycles. The summed E-state index contributed by atoms with van der Waals surface area (Å²) in [4.78, 5) is 3.40. The van der Waals surface area contributed by atoms with E-state index in [0.717, 1.165) is 17.2 Å². The number of thiophene rings is 1. The summed E-state index contributed by atoms with van der Waals surface area (Å²) in [6.45, 7) is 3.13. The number of nitrogens with one attached hydrogen (secondary N) is 1. The SMILES string of the molecule is CN(C)CC(C)(O)CNC1CCc2sc(Cl)cc21. The highest BCUT2D eigenvalue weighted by Gasteiger charge is 2.28. The summed E-state index contributed by atoms with van der Waals surface area (Å²) in [5.41, 5.74) is 0.622. The van der Waals surface area contributed by atoms with Gasteiger partial charge in [-0.3, -0.25) is 0 Å². The van der Waals surface area contributed by atoms with Gasteiger partial charge in [-0.25, -0.2) is 0 Å². The lowest BCUT2D eigenvalue weighted by Crippen LogP contribution is -2.46. The lowest BCUT2D eigenvalue weighted by atomic mass is 10.1. The Hall–Kier alpha value is -0.130. The van der Waals surface area contributed by atoms with Crippen molar-refractivity contribution in [3.05, 3.63) is 20.8 Å². The highest BCUT2D eigenvalue weighted by Crippen LogP contribution is 2.39. The second-order valence-electron chi connectivity index (χ2n) is 5.64. The molecule has 0 aliphatic heterocycles.